The fourth-order valence-electron chi connectivity index (χ4n) is 2.07. The van der Waals surface area contributed by atoms with Crippen molar-refractivity contribution in [1.29, 1.82) is 0 Å². The number of aromatic hydroxyl groups is 1. The molecule has 19 heavy (non-hydrogen) atoms. The van der Waals surface area contributed by atoms with Crippen molar-refractivity contribution in [3.8, 4) is 5.75 Å². The second-order valence-corrected chi connectivity index (χ2v) is 4.92. The van der Waals surface area contributed by atoms with Crippen LogP contribution in [0.25, 0.3) is 0 Å². The minimum Gasteiger partial charge on any atom is -0.506 e. The van der Waals surface area contributed by atoms with Gasteiger partial charge in [0.25, 0.3) is 0 Å². The van der Waals surface area contributed by atoms with Crippen LogP contribution in [0.4, 0.5) is 5.69 Å². The van der Waals surface area contributed by atoms with E-state index < -0.39 is 0 Å². The second-order valence-electron chi connectivity index (χ2n) is 4.51. The van der Waals surface area contributed by atoms with Crippen molar-refractivity contribution in [2.45, 2.75) is 26.3 Å². The van der Waals surface area contributed by atoms with E-state index in [0.717, 1.165) is 24.1 Å². The predicted octanol–water partition coefficient (Wildman–Crippen LogP) is 4.61. The lowest BCUT2D eigenvalue weighted by Gasteiger charge is -2.12. The summed E-state index contributed by atoms with van der Waals surface area (Å²) in [6.07, 6.45) is 2.16. The van der Waals surface area contributed by atoms with Gasteiger partial charge in [0.2, 0.25) is 0 Å². The summed E-state index contributed by atoms with van der Waals surface area (Å²) in [5.41, 5.74) is 3.22. The molecule has 0 spiro atoms. The number of hydrogen-bond donors (Lipinski definition) is 2. The van der Waals surface area contributed by atoms with E-state index in [9.17, 15) is 5.11 Å². The van der Waals surface area contributed by atoms with E-state index in [1.54, 1.807) is 6.07 Å². The van der Waals surface area contributed by atoms with Crippen LogP contribution in [0.3, 0.4) is 0 Å². The molecule has 0 aliphatic carbocycles. The summed E-state index contributed by atoms with van der Waals surface area (Å²) in [4.78, 5) is 0. The standard InChI is InChI=1S/C16H18ClNO/c1-2-6-12-7-3-4-10-15(12)18-11-13-8-5-9-14(17)16(13)19/h3-5,7-10,18-19H,2,6,11H2,1H3. The number of aryl methyl sites for hydroxylation is 1. The topological polar surface area (TPSA) is 32.3 Å². The monoisotopic (exact) mass is 275 g/mol. The smallest absolute Gasteiger partial charge is 0.139 e. The Bertz CT molecular complexity index is 554. The molecule has 0 atom stereocenters. The molecular formula is C16H18ClNO. The zero-order valence-electron chi connectivity index (χ0n) is 11.0. The first-order valence-corrected chi connectivity index (χ1v) is 6.88. The van der Waals surface area contributed by atoms with Crippen LogP contribution < -0.4 is 5.32 Å². The van der Waals surface area contributed by atoms with Gasteiger partial charge in [-0.1, -0.05) is 55.3 Å². The Kier molecular flexibility index (Phi) is 4.69. The molecule has 0 radical (unpaired) electrons. The van der Waals surface area contributed by atoms with Gasteiger partial charge in [-0.05, 0) is 24.1 Å². The van der Waals surface area contributed by atoms with Crippen LogP contribution in [0.1, 0.15) is 24.5 Å². The lowest BCUT2D eigenvalue weighted by molar-refractivity contribution is 0.469. The first-order chi connectivity index (χ1) is 9.22. The Balaban J connectivity index is 2.12. The molecule has 2 N–H and O–H groups in total. The Morgan fingerprint density at radius 2 is 1.79 bits per heavy atom. The van der Waals surface area contributed by atoms with E-state index in [2.05, 4.69) is 24.4 Å². The Morgan fingerprint density at radius 1 is 1.05 bits per heavy atom. The van der Waals surface area contributed by atoms with Gasteiger partial charge < -0.3 is 10.4 Å². The number of hydrogen-bond acceptors (Lipinski definition) is 2. The number of halogens is 1. The largest absolute Gasteiger partial charge is 0.506 e. The van der Waals surface area contributed by atoms with Crippen LogP contribution in [0.15, 0.2) is 42.5 Å². The first-order valence-electron chi connectivity index (χ1n) is 6.50. The van der Waals surface area contributed by atoms with Gasteiger partial charge in [0.1, 0.15) is 5.75 Å². The maximum absolute atomic E-state index is 9.88. The Hall–Kier alpha value is -1.67. The van der Waals surface area contributed by atoms with Crippen LogP contribution in [0.2, 0.25) is 5.02 Å². The summed E-state index contributed by atoms with van der Waals surface area (Å²) in [6, 6.07) is 13.7. The summed E-state index contributed by atoms with van der Waals surface area (Å²) in [7, 11) is 0. The van der Waals surface area contributed by atoms with Crippen LogP contribution in [0.5, 0.6) is 5.75 Å². The Labute approximate surface area is 119 Å². The average molecular weight is 276 g/mol. The van der Waals surface area contributed by atoms with Crippen LogP contribution in [0, 0.1) is 0 Å². The number of para-hydroxylation sites is 2. The number of phenolic OH excluding ortho intramolecular Hbond substituents is 1. The fourth-order valence-corrected chi connectivity index (χ4v) is 2.27. The lowest BCUT2D eigenvalue weighted by atomic mass is 10.1. The zero-order valence-corrected chi connectivity index (χ0v) is 11.7. The highest BCUT2D eigenvalue weighted by molar-refractivity contribution is 6.32. The maximum Gasteiger partial charge on any atom is 0.139 e. The molecule has 0 unspecified atom stereocenters. The molecule has 0 amide bonds. The first kappa shape index (κ1) is 13.8. The van der Waals surface area contributed by atoms with Gasteiger partial charge in [-0.2, -0.15) is 0 Å². The molecule has 0 aliphatic heterocycles. The molecule has 0 aliphatic rings. The normalized spacial score (nSPS) is 10.4. The molecule has 0 fully saturated rings. The molecule has 2 rings (SSSR count). The zero-order chi connectivity index (χ0) is 13.7. The van der Waals surface area contributed by atoms with Gasteiger partial charge in [0.05, 0.1) is 5.02 Å². The van der Waals surface area contributed by atoms with Crippen molar-refractivity contribution >= 4 is 17.3 Å². The maximum atomic E-state index is 9.88. The molecule has 0 saturated carbocycles. The molecule has 3 heteroatoms. The van der Waals surface area contributed by atoms with E-state index >= 15 is 0 Å². The van der Waals surface area contributed by atoms with Gasteiger partial charge in [-0.15, -0.1) is 0 Å². The molecule has 0 aromatic heterocycles. The van der Waals surface area contributed by atoms with E-state index in [-0.39, 0.29) is 5.75 Å². The highest BCUT2D eigenvalue weighted by Gasteiger charge is 2.06. The van der Waals surface area contributed by atoms with Crippen molar-refractivity contribution in [2.75, 3.05) is 5.32 Å². The molecule has 2 aromatic rings. The Morgan fingerprint density at radius 3 is 2.58 bits per heavy atom. The fraction of sp³-hybridized carbons (Fsp3) is 0.250. The van der Waals surface area contributed by atoms with Crippen molar-refractivity contribution in [3.05, 3.63) is 58.6 Å². The van der Waals surface area contributed by atoms with Crippen molar-refractivity contribution in [1.82, 2.24) is 0 Å². The second kappa shape index (κ2) is 6.48. The third-order valence-electron chi connectivity index (χ3n) is 3.08. The molecule has 0 bridgehead atoms. The molecule has 0 saturated heterocycles. The van der Waals surface area contributed by atoms with Crippen LogP contribution in [-0.2, 0) is 13.0 Å². The van der Waals surface area contributed by atoms with Crippen LogP contribution in [-0.4, -0.2) is 5.11 Å². The van der Waals surface area contributed by atoms with Gasteiger partial charge in [-0.3, -0.25) is 0 Å². The third-order valence-corrected chi connectivity index (χ3v) is 3.38. The summed E-state index contributed by atoms with van der Waals surface area (Å²) in [5, 5.41) is 13.6. The van der Waals surface area contributed by atoms with Crippen molar-refractivity contribution in [3.63, 3.8) is 0 Å². The summed E-state index contributed by atoms with van der Waals surface area (Å²) in [6.45, 7) is 2.73. The number of anilines is 1. The van der Waals surface area contributed by atoms with Gasteiger partial charge >= 0.3 is 0 Å². The minimum absolute atomic E-state index is 0.157. The average Bonchev–Trinajstić information content (AvgIpc) is 2.42. The van der Waals surface area contributed by atoms with E-state index in [1.165, 1.54) is 5.56 Å². The lowest BCUT2D eigenvalue weighted by Crippen LogP contribution is -2.02. The number of nitrogens with one attached hydrogen (secondary N) is 1. The minimum atomic E-state index is 0.157. The van der Waals surface area contributed by atoms with Crippen molar-refractivity contribution < 1.29 is 5.11 Å². The van der Waals surface area contributed by atoms with Gasteiger partial charge in [-0.25, -0.2) is 0 Å². The quantitative estimate of drug-likeness (QED) is 0.835. The summed E-state index contributed by atoms with van der Waals surface area (Å²) < 4.78 is 0. The molecule has 2 aromatic carbocycles. The summed E-state index contributed by atoms with van der Waals surface area (Å²) >= 11 is 5.90. The highest BCUT2D eigenvalue weighted by atomic mass is 35.5. The number of benzene rings is 2. The third kappa shape index (κ3) is 3.42. The number of rotatable bonds is 5. The SMILES string of the molecule is CCCc1ccccc1NCc1cccc(Cl)c1O. The molecule has 0 heterocycles. The van der Waals surface area contributed by atoms with Crippen molar-refractivity contribution in [2.24, 2.45) is 0 Å². The predicted molar refractivity (Wildman–Crippen MR) is 80.9 cm³/mol. The molecule has 100 valence electrons. The molecule has 2 nitrogen and oxygen atoms in total. The molecular weight excluding hydrogens is 258 g/mol. The number of phenols is 1. The van der Waals surface area contributed by atoms with Gasteiger partial charge in [0.15, 0.2) is 0 Å². The highest BCUT2D eigenvalue weighted by Crippen LogP contribution is 2.28. The van der Waals surface area contributed by atoms with E-state index in [0.29, 0.717) is 11.6 Å². The van der Waals surface area contributed by atoms with E-state index in [1.807, 2.05) is 24.3 Å². The summed E-state index contributed by atoms with van der Waals surface area (Å²) in [5.74, 6) is 0.157. The van der Waals surface area contributed by atoms with E-state index in [4.69, 9.17) is 11.6 Å². The van der Waals surface area contributed by atoms with Gasteiger partial charge in [0, 0.05) is 17.8 Å². The van der Waals surface area contributed by atoms with Crippen LogP contribution >= 0.6 is 11.6 Å².